The molecule has 0 aliphatic carbocycles. The molecule has 179 valence electrons. The number of carbonyl (C=O) groups is 2. The summed E-state index contributed by atoms with van der Waals surface area (Å²) in [7, 11) is 3.77. The molecule has 0 aliphatic heterocycles. The van der Waals surface area contributed by atoms with Gasteiger partial charge in [0.25, 0.3) is 11.4 Å². The number of nitro benzene ring substituents is 2. The maximum atomic E-state index is 12.0. The second-order valence-corrected chi connectivity index (χ2v) is 6.92. The van der Waals surface area contributed by atoms with Crippen LogP contribution < -0.4 is 0 Å². The van der Waals surface area contributed by atoms with E-state index in [1.807, 2.05) is 25.9 Å². The number of hydrogen-bond donors (Lipinski definition) is 0. The second-order valence-electron chi connectivity index (χ2n) is 6.92. The molecule has 9 nitrogen and oxygen atoms in total. The largest absolute Gasteiger partial charge is 0.309 e. The van der Waals surface area contributed by atoms with Crippen LogP contribution in [0.15, 0.2) is 48.5 Å². The van der Waals surface area contributed by atoms with Gasteiger partial charge < -0.3 is 4.90 Å². The molecule has 1 radical (unpaired) electrons. The molecule has 2 aromatic rings. The summed E-state index contributed by atoms with van der Waals surface area (Å²) in [6.45, 7) is 4.17. The average molecular weight is 720 g/mol. The third kappa shape index (κ3) is 12.6. The molecule has 0 spiro atoms. The van der Waals surface area contributed by atoms with Gasteiger partial charge in [-0.2, -0.15) is 0 Å². The van der Waals surface area contributed by atoms with Crippen LogP contribution in [0.1, 0.15) is 41.0 Å². The maximum absolute atomic E-state index is 12.0. The van der Waals surface area contributed by atoms with Crippen LogP contribution in [0.5, 0.6) is 0 Å². The number of rotatable bonds is 8. The molecule has 0 amide bonds. The van der Waals surface area contributed by atoms with Gasteiger partial charge in [-0.25, -0.2) is 0 Å². The first-order chi connectivity index (χ1) is 15.1. The van der Waals surface area contributed by atoms with Gasteiger partial charge >= 0.3 is 0 Å². The molecule has 12 heteroatoms. The number of halogens is 2. The Morgan fingerprint density at radius 3 is 1.76 bits per heavy atom. The van der Waals surface area contributed by atoms with Gasteiger partial charge in [0.1, 0.15) is 0 Å². The normalized spacial score (nSPS) is 10.4. The second kappa shape index (κ2) is 18.0. The zero-order valence-electron chi connectivity index (χ0n) is 18.6. The Kier molecular flexibility index (Phi) is 18.4. The van der Waals surface area contributed by atoms with Gasteiger partial charge in [-0.1, -0.05) is 38.1 Å². The van der Waals surface area contributed by atoms with Crippen molar-refractivity contribution in [3.05, 3.63) is 79.9 Å². The van der Waals surface area contributed by atoms with Crippen molar-refractivity contribution < 1.29 is 38.0 Å². The minimum atomic E-state index is -0.508. The van der Waals surface area contributed by atoms with Crippen LogP contribution in [0.25, 0.3) is 0 Å². The van der Waals surface area contributed by atoms with Crippen LogP contribution in [-0.2, 0) is 18.6 Å². The number of ketones is 2. The topological polar surface area (TPSA) is 124 Å². The number of nitrogens with zero attached hydrogens (tertiary/aromatic N) is 3. The quantitative estimate of drug-likeness (QED) is 0.143. The van der Waals surface area contributed by atoms with E-state index in [2.05, 4.69) is 37.2 Å². The summed E-state index contributed by atoms with van der Waals surface area (Å²) in [5.41, 5.74) is 0.706. The molecule has 1 atom stereocenters. The van der Waals surface area contributed by atoms with E-state index >= 15 is 0 Å². The Balaban J connectivity index is 0. The predicted molar refractivity (Wildman–Crippen MR) is 141 cm³/mol. The third-order valence-corrected chi connectivity index (χ3v) is 4.13. The number of nitro groups is 2. The van der Waals surface area contributed by atoms with Crippen LogP contribution >= 0.6 is 37.2 Å². The first-order valence-corrected chi connectivity index (χ1v) is 15.7. The SMILES string of the molecule is CC(CN(C)C)C(=O)c1cccc([N+](=O)[O-])c1.CCC(=O)c1cccc([N+](=O)[O-])c1.II.[V]. The summed E-state index contributed by atoms with van der Waals surface area (Å²) in [5, 5.41) is 21.0. The van der Waals surface area contributed by atoms with Gasteiger partial charge in [0, 0.05) is 110 Å². The van der Waals surface area contributed by atoms with E-state index in [9.17, 15) is 29.8 Å². The molecule has 33 heavy (non-hydrogen) atoms. The minimum Gasteiger partial charge on any atom is -0.309 e. The fourth-order valence-corrected chi connectivity index (χ4v) is 2.68. The van der Waals surface area contributed by atoms with Crippen molar-refractivity contribution in [2.45, 2.75) is 20.3 Å². The summed E-state index contributed by atoms with van der Waals surface area (Å²) in [5.74, 6) is -0.321. The van der Waals surface area contributed by atoms with Crippen molar-refractivity contribution >= 4 is 60.2 Å². The monoisotopic (exact) mass is 720 g/mol. The van der Waals surface area contributed by atoms with Gasteiger partial charge in [0.2, 0.25) is 0 Å². The van der Waals surface area contributed by atoms with Gasteiger partial charge in [-0.3, -0.25) is 29.8 Å². The summed E-state index contributed by atoms with van der Waals surface area (Å²) in [6, 6.07) is 11.6. The minimum absolute atomic E-state index is 0. The Bertz CT molecular complexity index is 944. The Morgan fingerprint density at radius 2 is 1.36 bits per heavy atom. The van der Waals surface area contributed by atoms with Gasteiger partial charge in [0.15, 0.2) is 11.6 Å². The molecule has 0 fully saturated rings. The fourth-order valence-electron chi connectivity index (χ4n) is 2.68. The van der Waals surface area contributed by atoms with Crippen LogP contribution in [0.3, 0.4) is 0 Å². The average Bonchev–Trinajstić information content (AvgIpc) is 2.79. The smallest absolute Gasteiger partial charge is 0.270 e. The molecule has 0 aromatic heterocycles. The van der Waals surface area contributed by atoms with Crippen molar-refractivity contribution in [2.24, 2.45) is 5.92 Å². The van der Waals surface area contributed by atoms with Crippen LogP contribution in [0.4, 0.5) is 11.4 Å². The van der Waals surface area contributed by atoms with E-state index in [1.54, 1.807) is 19.1 Å². The van der Waals surface area contributed by atoms with Crippen LogP contribution in [0.2, 0.25) is 0 Å². The van der Waals surface area contributed by atoms with Crippen LogP contribution in [-0.4, -0.2) is 47.0 Å². The number of carbonyl (C=O) groups excluding carboxylic acids is 2. The first-order valence-electron chi connectivity index (χ1n) is 9.42. The predicted octanol–water partition coefficient (Wildman–Crippen LogP) is 5.93. The summed E-state index contributed by atoms with van der Waals surface area (Å²) in [6.07, 6.45) is 0.362. The molecule has 0 heterocycles. The summed E-state index contributed by atoms with van der Waals surface area (Å²) in [4.78, 5) is 45.1. The number of hydrogen-bond acceptors (Lipinski definition) is 7. The van der Waals surface area contributed by atoms with Crippen molar-refractivity contribution in [3.63, 3.8) is 0 Å². The summed E-state index contributed by atoms with van der Waals surface area (Å²) >= 11 is 4.24. The third-order valence-electron chi connectivity index (χ3n) is 4.13. The number of non-ortho nitro benzene ring substituents is 2. The Morgan fingerprint density at radius 1 is 0.939 bits per heavy atom. The molecule has 2 aromatic carbocycles. The van der Waals surface area contributed by atoms with Gasteiger partial charge in [-0.15, -0.1) is 0 Å². The zero-order valence-corrected chi connectivity index (χ0v) is 24.3. The molecule has 1 unspecified atom stereocenters. The molecule has 0 aliphatic rings. The Labute approximate surface area is 228 Å². The summed E-state index contributed by atoms with van der Waals surface area (Å²) < 4.78 is 0. The molecule has 0 saturated carbocycles. The molecule has 2 rings (SSSR count). The Hall–Kier alpha value is -1.42. The fraction of sp³-hybridized carbons (Fsp3) is 0.333. The molecular weight excluding hydrogens is 695 g/mol. The van der Waals surface area contributed by atoms with E-state index < -0.39 is 9.85 Å². The van der Waals surface area contributed by atoms with E-state index in [-0.39, 0.29) is 47.4 Å². The first kappa shape index (κ1) is 33.8. The van der Waals surface area contributed by atoms with Crippen molar-refractivity contribution in [1.29, 1.82) is 0 Å². The molecule has 0 saturated heterocycles. The zero-order chi connectivity index (χ0) is 24.8. The molecule has 0 N–H and O–H groups in total. The van der Waals surface area contributed by atoms with Crippen molar-refractivity contribution in [3.8, 4) is 0 Å². The molecule has 0 bridgehead atoms. The van der Waals surface area contributed by atoms with E-state index in [4.69, 9.17) is 0 Å². The van der Waals surface area contributed by atoms with E-state index in [0.29, 0.717) is 24.1 Å². The van der Waals surface area contributed by atoms with Crippen molar-refractivity contribution in [2.75, 3.05) is 20.6 Å². The van der Waals surface area contributed by atoms with Crippen molar-refractivity contribution in [1.82, 2.24) is 4.90 Å². The van der Waals surface area contributed by atoms with Crippen LogP contribution in [0, 0.1) is 26.1 Å². The number of Topliss-reactive ketones (excluding diaryl/α,β-unsaturated/α-hetero) is 2. The molecular formula is C21H25I2N3O6V. The van der Waals surface area contributed by atoms with Gasteiger partial charge in [0.05, 0.1) is 9.85 Å². The van der Waals surface area contributed by atoms with Gasteiger partial charge in [-0.05, 0) is 14.1 Å². The van der Waals surface area contributed by atoms with E-state index in [1.165, 1.54) is 36.4 Å². The standard InChI is InChI=1S/C12H16N2O3.C9H9NO3.I2.V/c1-9(8-13(2)3)12(15)10-5-4-6-11(7-10)14(16)17;1-2-9(11)7-4-3-5-8(6-7)10(12)13;1-2;/h4-7,9H,8H2,1-3H3;3-6H,2H2,1H3;;. The maximum Gasteiger partial charge on any atom is 0.270 e. The van der Waals surface area contributed by atoms with E-state index in [0.717, 1.165) is 0 Å². The number of benzene rings is 2.